The van der Waals surface area contributed by atoms with Gasteiger partial charge in [0.15, 0.2) is 5.69 Å². The Morgan fingerprint density at radius 3 is 2.89 bits per heavy atom. The maximum atomic E-state index is 13.4. The number of nitrogens with zero attached hydrogens (tertiary/aromatic N) is 2. The maximum Gasteiger partial charge on any atom is 0.272 e. The Hall–Kier alpha value is -3.48. The van der Waals surface area contributed by atoms with Gasteiger partial charge in [-0.2, -0.15) is 5.10 Å². The van der Waals surface area contributed by atoms with Crippen LogP contribution >= 0.6 is 0 Å². The van der Waals surface area contributed by atoms with Gasteiger partial charge in [0.25, 0.3) is 5.91 Å². The number of hydrogen-bond acceptors (Lipinski definition) is 3. The zero-order chi connectivity index (χ0) is 19.7. The van der Waals surface area contributed by atoms with Crippen molar-refractivity contribution < 1.29 is 14.0 Å². The molecule has 0 spiro atoms. The molecule has 6 nitrogen and oxygen atoms in total. The third-order valence-corrected chi connectivity index (χ3v) is 4.77. The Labute approximate surface area is 161 Å². The first-order valence-electron chi connectivity index (χ1n) is 9.05. The summed E-state index contributed by atoms with van der Waals surface area (Å²) in [5, 5.41) is 10.0. The zero-order valence-corrected chi connectivity index (χ0v) is 15.3. The molecule has 2 N–H and O–H groups in total. The van der Waals surface area contributed by atoms with Crippen molar-refractivity contribution in [2.45, 2.75) is 25.8 Å². The fourth-order valence-electron chi connectivity index (χ4n) is 3.23. The SMILES string of the molecule is C[C@@H](NC(=O)c1ccn(-c2cccc(F)c2)n1)c1ccc2c(c1)CCC(=O)N2. The number of carbonyl (C=O) groups is 2. The summed E-state index contributed by atoms with van der Waals surface area (Å²) in [6.07, 6.45) is 2.78. The van der Waals surface area contributed by atoms with Crippen molar-refractivity contribution >= 4 is 17.5 Å². The maximum absolute atomic E-state index is 13.4. The van der Waals surface area contributed by atoms with Crippen LogP contribution in [0.25, 0.3) is 5.69 Å². The molecular weight excluding hydrogens is 359 g/mol. The lowest BCUT2D eigenvalue weighted by molar-refractivity contribution is -0.116. The van der Waals surface area contributed by atoms with E-state index in [1.165, 1.54) is 16.8 Å². The number of hydrogen-bond donors (Lipinski definition) is 2. The monoisotopic (exact) mass is 378 g/mol. The highest BCUT2D eigenvalue weighted by Crippen LogP contribution is 2.26. The number of fused-ring (bicyclic) bond motifs is 1. The number of aryl methyl sites for hydroxylation is 1. The van der Waals surface area contributed by atoms with Gasteiger partial charge in [0.05, 0.1) is 11.7 Å². The average molecular weight is 378 g/mol. The summed E-state index contributed by atoms with van der Waals surface area (Å²) in [5.74, 6) is -0.652. The van der Waals surface area contributed by atoms with Gasteiger partial charge >= 0.3 is 0 Å². The van der Waals surface area contributed by atoms with Crippen molar-refractivity contribution in [3.05, 3.63) is 77.4 Å². The first kappa shape index (κ1) is 17.9. The first-order valence-corrected chi connectivity index (χ1v) is 9.05. The molecule has 1 aliphatic heterocycles. The summed E-state index contributed by atoms with van der Waals surface area (Å²) >= 11 is 0. The minimum atomic E-state index is -0.365. The van der Waals surface area contributed by atoms with Crippen molar-refractivity contribution in [2.75, 3.05) is 5.32 Å². The molecule has 2 heterocycles. The molecule has 1 atom stereocenters. The smallest absolute Gasteiger partial charge is 0.272 e. The molecule has 2 aromatic carbocycles. The third-order valence-electron chi connectivity index (χ3n) is 4.77. The summed E-state index contributed by atoms with van der Waals surface area (Å²) in [5.41, 5.74) is 3.64. The van der Waals surface area contributed by atoms with Gasteiger partial charge in [0.1, 0.15) is 5.82 Å². The highest BCUT2D eigenvalue weighted by molar-refractivity contribution is 5.94. The number of halogens is 1. The molecule has 0 radical (unpaired) electrons. The molecule has 28 heavy (non-hydrogen) atoms. The van der Waals surface area contributed by atoms with Crippen LogP contribution in [-0.4, -0.2) is 21.6 Å². The molecule has 4 rings (SSSR count). The van der Waals surface area contributed by atoms with E-state index in [2.05, 4.69) is 15.7 Å². The summed E-state index contributed by atoms with van der Waals surface area (Å²) in [6, 6.07) is 13.1. The van der Waals surface area contributed by atoms with Crippen LogP contribution in [0.1, 0.15) is 41.0 Å². The van der Waals surface area contributed by atoms with Crippen LogP contribution in [0.3, 0.4) is 0 Å². The van der Waals surface area contributed by atoms with E-state index >= 15 is 0 Å². The van der Waals surface area contributed by atoms with E-state index in [-0.39, 0.29) is 29.4 Å². The van der Waals surface area contributed by atoms with Crippen LogP contribution < -0.4 is 10.6 Å². The van der Waals surface area contributed by atoms with Crippen molar-refractivity contribution in [3.8, 4) is 5.69 Å². The van der Waals surface area contributed by atoms with Gasteiger partial charge < -0.3 is 10.6 Å². The molecule has 0 aliphatic carbocycles. The normalized spacial score (nSPS) is 14.1. The molecule has 1 aliphatic rings. The third kappa shape index (κ3) is 3.64. The molecule has 2 amide bonds. The minimum Gasteiger partial charge on any atom is -0.344 e. The molecule has 1 aromatic heterocycles. The molecule has 0 fully saturated rings. The highest BCUT2D eigenvalue weighted by Gasteiger charge is 2.18. The van der Waals surface area contributed by atoms with E-state index in [4.69, 9.17) is 0 Å². The topological polar surface area (TPSA) is 76.0 Å². The van der Waals surface area contributed by atoms with E-state index in [9.17, 15) is 14.0 Å². The number of anilines is 1. The fourth-order valence-corrected chi connectivity index (χ4v) is 3.23. The van der Waals surface area contributed by atoms with Gasteiger partial charge in [-0.05, 0) is 54.8 Å². The summed E-state index contributed by atoms with van der Waals surface area (Å²) in [4.78, 5) is 24.0. The standard InChI is InChI=1S/C21H19FN4O2/c1-13(14-5-7-18-15(11-14)6-8-20(27)24-18)23-21(28)19-9-10-26(25-19)17-4-2-3-16(22)12-17/h2-5,7,9-13H,6,8H2,1H3,(H,23,28)(H,24,27)/t13-/m1/s1. The predicted octanol–water partition coefficient (Wildman–Crippen LogP) is 3.39. The summed E-state index contributed by atoms with van der Waals surface area (Å²) < 4.78 is 14.8. The number of carbonyl (C=O) groups excluding carboxylic acids is 2. The highest BCUT2D eigenvalue weighted by atomic mass is 19.1. The van der Waals surface area contributed by atoms with Crippen molar-refractivity contribution in [1.82, 2.24) is 15.1 Å². The fraction of sp³-hybridized carbons (Fsp3) is 0.190. The molecule has 7 heteroatoms. The van der Waals surface area contributed by atoms with Crippen LogP contribution in [0.2, 0.25) is 0 Å². The Kier molecular flexibility index (Phi) is 4.65. The van der Waals surface area contributed by atoms with Crippen LogP contribution in [0.15, 0.2) is 54.7 Å². The average Bonchev–Trinajstić information content (AvgIpc) is 3.18. The molecule has 0 bridgehead atoms. The van der Waals surface area contributed by atoms with E-state index in [0.717, 1.165) is 16.8 Å². The van der Waals surface area contributed by atoms with Gasteiger partial charge in [0.2, 0.25) is 5.91 Å². The second-order valence-corrected chi connectivity index (χ2v) is 6.79. The van der Waals surface area contributed by atoms with Crippen LogP contribution in [0.4, 0.5) is 10.1 Å². The van der Waals surface area contributed by atoms with Gasteiger partial charge in [-0.3, -0.25) is 9.59 Å². The number of benzene rings is 2. The lowest BCUT2D eigenvalue weighted by atomic mass is 9.98. The lowest BCUT2D eigenvalue weighted by Crippen LogP contribution is -2.27. The summed E-state index contributed by atoms with van der Waals surface area (Å²) in [7, 11) is 0. The lowest BCUT2D eigenvalue weighted by Gasteiger charge is -2.20. The number of rotatable bonds is 4. The predicted molar refractivity (Wildman–Crippen MR) is 103 cm³/mol. The number of amides is 2. The molecular formula is C21H19FN4O2. The van der Waals surface area contributed by atoms with Gasteiger partial charge in [-0.15, -0.1) is 0 Å². The molecule has 142 valence electrons. The van der Waals surface area contributed by atoms with Crippen LogP contribution in [-0.2, 0) is 11.2 Å². The minimum absolute atomic E-state index is 0.0236. The molecule has 0 saturated carbocycles. The zero-order valence-electron chi connectivity index (χ0n) is 15.3. The molecule has 3 aromatic rings. The van der Waals surface area contributed by atoms with E-state index in [1.54, 1.807) is 24.4 Å². The molecule has 0 saturated heterocycles. The van der Waals surface area contributed by atoms with Crippen molar-refractivity contribution in [1.29, 1.82) is 0 Å². The Morgan fingerprint density at radius 2 is 2.07 bits per heavy atom. The van der Waals surface area contributed by atoms with Gasteiger partial charge in [-0.1, -0.05) is 18.2 Å². The van der Waals surface area contributed by atoms with Gasteiger partial charge in [0, 0.05) is 18.3 Å². The largest absolute Gasteiger partial charge is 0.344 e. The number of nitrogens with one attached hydrogen (secondary N) is 2. The van der Waals surface area contributed by atoms with Crippen LogP contribution in [0, 0.1) is 5.82 Å². The Morgan fingerprint density at radius 1 is 1.21 bits per heavy atom. The number of aromatic nitrogens is 2. The first-order chi connectivity index (χ1) is 13.5. The Bertz CT molecular complexity index is 1060. The van der Waals surface area contributed by atoms with E-state index in [0.29, 0.717) is 18.5 Å². The quantitative estimate of drug-likeness (QED) is 0.731. The van der Waals surface area contributed by atoms with E-state index < -0.39 is 0 Å². The second-order valence-electron chi connectivity index (χ2n) is 6.79. The second kappa shape index (κ2) is 7.26. The summed E-state index contributed by atoms with van der Waals surface area (Å²) in [6.45, 7) is 1.89. The van der Waals surface area contributed by atoms with Crippen LogP contribution in [0.5, 0.6) is 0 Å². The Balaban J connectivity index is 1.47. The van der Waals surface area contributed by atoms with Crippen molar-refractivity contribution in [3.63, 3.8) is 0 Å². The molecule has 0 unspecified atom stereocenters. The van der Waals surface area contributed by atoms with E-state index in [1.807, 2.05) is 25.1 Å². The van der Waals surface area contributed by atoms with Crippen molar-refractivity contribution in [2.24, 2.45) is 0 Å². The van der Waals surface area contributed by atoms with Gasteiger partial charge in [-0.25, -0.2) is 9.07 Å².